The second-order valence-electron chi connectivity index (χ2n) is 6.81. The summed E-state index contributed by atoms with van der Waals surface area (Å²) >= 11 is 0. The Balaban J connectivity index is 1.39. The van der Waals surface area contributed by atoms with Crippen molar-refractivity contribution in [1.82, 2.24) is 5.32 Å². The quantitative estimate of drug-likeness (QED) is 0.176. The molecule has 0 radical (unpaired) electrons. The SMILES string of the molecule is Cc1cc(OCC(=O)OCCCNC(=O)c2cc3ccccc3oc2=O)ccc1[N+](=O)[O-]. The molecular formula is C22H20N2O8. The lowest BCUT2D eigenvalue weighted by Gasteiger charge is -2.08. The molecule has 0 aliphatic carbocycles. The highest BCUT2D eigenvalue weighted by atomic mass is 16.6. The van der Waals surface area contributed by atoms with E-state index in [-0.39, 0.29) is 31.0 Å². The van der Waals surface area contributed by atoms with Crippen molar-refractivity contribution in [3.63, 3.8) is 0 Å². The van der Waals surface area contributed by atoms with Crippen LogP contribution < -0.4 is 15.7 Å². The number of nitrogens with zero attached hydrogens (tertiary/aromatic N) is 1. The van der Waals surface area contributed by atoms with Crippen LogP contribution in [0.4, 0.5) is 5.69 Å². The average molecular weight is 440 g/mol. The second-order valence-corrected chi connectivity index (χ2v) is 6.81. The molecule has 3 rings (SSSR count). The Morgan fingerprint density at radius 3 is 2.69 bits per heavy atom. The summed E-state index contributed by atoms with van der Waals surface area (Å²) in [5, 5.41) is 14.0. The highest BCUT2D eigenvalue weighted by Gasteiger charge is 2.14. The normalized spacial score (nSPS) is 10.5. The number of rotatable bonds is 9. The molecule has 10 nitrogen and oxygen atoms in total. The van der Waals surface area contributed by atoms with Gasteiger partial charge in [-0.1, -0.05) is 18.2 Å². The Morgan fingerprint density at radius 2 is 1.94 bits per heavy atom. The number of aryl methyl sites for hydroxylation is 1. The Bertz CT molecular complexity index is 1220. The molecule has 0 saturated carbocycles. The lowest BCUT2D eigenvalue weighted by molar-refractivity contribution is -0.385. The van der Waals surface area contributed by atoms with E-state index >= 15 is 0 Å². The number of ether oxygens (including phenoxy) is 2. The molecular weight excluding hydrogens is 420 g/mol. The zero-order chi connectivity index (χ0) is 23.1. The Hall–Kier alpha value is -4.21. The minimum absolute atomic E-state index is 0.0358. The van der Waals surface area contributed by atoms with Gasteiger partial charge in [-0.3, -0.25) is 14.9 Å². The van der Waals surface area contributed by atoms with E-state index in [1.807, 2.05) is 0 Å². The third-order valence-electron chi connectivity index (χ3n) is 4.48. The maximum absolute atomic E-state index is 12.2. The standard InChI is InChI=1S/C22H20N2O8/c1-14-11-16(7-8-18(14)24(28)29)31-13-20(25)30-10-4-9-23-21(26)17-12-15-5-2-3-6-19(15)32-22(17)27/h2-3,5-8,11-12H,4,9-10,13H2,1H3,(H,23,26). The predicted octanol–water partition coefficient (Wildman–Crippen LogP) is 2.75. The molecule has 0 bridgehead atoms. The first-order chi connectivity index (χ1) is 15.3. The minimum Gasteiger partial charge on any atom is -0.482 e. The Morgan fingerprint density at radius 1 is 1.16 bits per heavy atom. The van der Waals surface area contributed by atoms with Crippen LogP contribution in [0.1, 0.15) is 22.3 Å². The summed E-state index contributed by atoms with van der Waals surface area (Å²) in [6, 6.07) is 12.5. The summed E-state index contributed by atoms with van der Waals surface area (Å²) in [5.74, 6) is -0.887. The van der Waals surface area contributed by atoms with Crippen molar-refractivity contribution < 1.29 is 28.4 Å². The Labute approximate surface area is 181 Å². The van der Waals surface area contributed by atoms with E-state index in [2.05, 4.69) is 5.32 Å². The lowest BCUT2D eigenvalue weighted by Crippen LogP contribution is -2.29. The topological polar surface area (TPSA) is 138 Å². The van der Waals surface area contributed by atoms with Gasteiger partial charge >= 0.3 is 11.6 Å². The monoisotopic (exact) mass is 440 g/mol. The van der Waals surface area contributed by atoms with Crippen molar-refractivity contribution in [2.75, 3.05) is 19.8 Å². The fraction of sp³-hybridized carbons (Fsp3) is 0.227. The summed E-state index contributed by atoms with van der Waals surface area (Å²) in [5.41, 5.74) is -0.0636. The molecule has 1 heterocycles. The van der Waals surface area contributed by atoms with Crippen molar-refractivity contribution in [2.45, 2.75) is 13.3 Å². The van der Waals surface area contributed by atoms with E-state index in [9.17, 15) is 24.5 Å². The number of hydrogen-bond acceptors (Lipinski definition) is 8. The molecule has 0 saturated heterocycles. The maximum atomic E-state index is 12.2. The summed E-state index contributed by atoms with van der Waals surface area (Å²) in [6.07, 6.45) is 0.326. The van der Waals surface area contributed by atoms with Gasteiger partial charge < -0.3 is 19.2 Å². The van der Waals surface area contributed by atoms with Gasteiger partial charge in [-0.05, 0) is 37.6 Å². The molecule has 1 N–H and O–H groups in total. The van der Waals surface area contributed by atoms with Crippen LogP contribution in [0.3, 0.4) is 0 Å². The van der Waals surface area contributed by atoms with Crippen LogP contribution in [-0.4, -0.2) is 36.6 Å². The van der Waals surface area contributed by atoms with Crippen LogP contribution in [0.15, 0.2) is 57.7 Å². The number of esters is 1. The first kappa shape index (κ1) is 22.5. The van der Waals surface area contributed by atoms with Gasteiger partial charge in [-0.2, -0.15) is 0 Å². The molecule has 0 aliphatic heterocycles. The zero-order valence-corrected chi connectivity index (χ0v) is 17.2. The number of nitro benzene ring substituents is 1. The van der Waals surface area contributed by atoms with Crippen LogP contribution >= 0.6 is 0 Å². The summed E-state index contributed by atoms with van der Waals surface area (Å²) < 4.78 is 15.4. The molecule has 0 unspecified atom stereocenters. The number of nitrogens with one attached hydrogen (secondary N) is 1. The molecule has 1 aromatic heterocycles. The van der Waals surface area contributed by atoms with E-state index in [0.29, 0.717) is 28.7 Å². The van der Waals surface area contributed by atoms with Crippen molar-refractivity contribution in [3.8, 4) is 5.75 Å². The average Bonchev–Trinajstić information content (AvgIpc) is 2.76. The van der Waals surface area contributed by atoms with Gasteiger partial charge in [0.2, 0.25) is 0 Å². The highest BCUT2D eigenvalue weighted by Crippen LogP contribution is 2.23. The van der Waals surface area contributed by atoms with Crippen molar-refractivity contribution in [3.05, 3.63) is 80.2 Å². The van der Waals surface area contributed by atoms with Crippen LogP contribution in [0.2, 0.25) is 0 Å². The fourth-order valence-electron chi connectivity index (χ4n) is 2.88. The summed E-state index contributed by atoms with van der Waals surface area (Å²) in [7, 11) is 0. The molecule has 10 heteroatoms. The third-order valence-corrected chi connectivity index (χ3v) is 4.48. The van der Waals surface area contributed by atoms with E-state index in [4.69, 9.17) is 13.9 Å². The molecule has 3 aromatic rings. The van der Waals surface area contributed by atoms with Gasteiger partial charge in [0.15, 0.2) is 6.61 Å². The molecule has 32 heavy (non-hydrogen) atoms. The van der Waals surface area contributed by atoms with E-state index < -0.39 is 22.4 Å². The molecule has 0 atom stereocenters. The van der Waals surface area contributed by atoms with E-state index in [1.54, 1.807) is 31.2 Å². The summed E-state index contributed by atoms with van der Waals surface area (Å²) in [6.45, 7) is 1.43. The lowest BCUT2D eigenvalue weighted by atomic mass is 10.2. The van der Waals surface area contributed by atoms with E-state index in [0.717, 1.165) is 0 Å². The maximum Gasteiger partial charge on any atom is 0.349 e. The Kier molecular flexibility index (Phi) is 7.17. The first-order valence-corrected chi connectivity index (χ1v) is 9.69. The largest absolute Gasteiger partial charge is 0.482 e. The van der Waals surface area contributed by atoms with Gasteiger partial charge in [-0.15, -0.1) is 0 Å². The molecule has 0 spiro atoms. The van der Waals surface area contributed by atoms with Crippen LogP contribution in [0.25, 0.3) is 11.0 Å². The molecule has 0 fully saturated rings. The van der Waals surface area contributed by atoms with Gasteiger partial charge in [0.25, 0.3) is 11.6 Å². The first-order valence-electron chi connectivity index (χ1n) is 9.69. The number of para-hydroxylation sites is 1. The third kappa shape index (κ3) is 5.69. The van der Waals surface area contributed by atoms with Gasteiger partial charge in [0, 0.05) is 23.6 Å². The van der Waals surface area contributed by atoms with Crippen molar-refractivity contribution >= 4 is 28.5 Å². The number of benzene rings is 2. The number of nitro groups is 1. The molecule has 166 valence electrons. The highest BCUT2D eigenvalue weighted by molar-refractivity contribution is 5.96. The zero-order valence-electron chi connectivity index (χ0n) is 17.2. The molecule has 0 aliphatic rings. The summed E-state index contributed by atoms with van der Waals surface area (Å²) in [4.78, 5) is 46.3. The van der Waals surface area contributed by atoms with Crippen LogP contribution in [0, 0.1) is 17.0 Å². The number of hydrogen-bond donors (Lipinski definition) is 1. The number of fused-ring (bicyclic) bond motifs is 1. The second kappa shape index (κ2) is 10.2. The minimum atomic E-state index is -0.730. The predicted molar refractivity (Wildman–Crippen MR) is 114 cm³/mol. The van der Waals surface area contributed by atoms with Crippen molar-refractivity contribution in [2.24, 2.45) is 0 Å². The van der Waals surface area contributed by atoms with E-state index in [1.165, 1.54) is 24.3 Å². The number of amides is 1. The molecule has 2 aromatic carbocycles. The number of carbonyl (C=O) groups is 2. The fourth-order valence-corrected chi connectivity index (χ4v) is 2.88. The number of carbonyl (C=O) groups excluding carboxylic acids is 2. The van der Waals surface area contributed by atoms with Gasteiger partial charge in [-0.25, -0.2) is 9.59 Å². The van der Waals surface area contributed by atoms with Gasteiger partial charge in [0.1, 0.15) is 16.9 Å². The van der Waals surface area contributed by atoms with Crippen molar-refractivity contribution in [1.29, 1.82) is 0 Å². The van der Waals surface area contributed by atoms with Crippen LogP contribution in [0.5, 0.6) is 5.75 Å². The van der Waals surface area contributed by atoms with Gasteiger partial charge in [0.05, 0.1) is 11.5 Å². The molecule has 1 amide bonds. The smallest absolute Gasteiger partial charge is 0.349 e. The van der Waals surface area contributed by atoms with Crippen LogP contribution in [-0.2, 0) is 9.53 Å².